The molecule has 15 heavy (non-hydrogen) atoms. The van der Waals surface area contributed by atoms with Gasteiger partial charge in [0.15, 0.2) is 15.7 Å². The second kappa shape index (κ2) is 3.90. The Morgan fingerprint density at radius 1 is 1.53 bits per heavy atom. The Hall–Kier alpha value is -0.950. The average molecular weight is 231 g/mol. The molecule has 6 nitrogen and oxygen atoms in total. The molecular formula is C8H13N3O3S. The van der Waals surface area contributed by atoms with Crippen LogP contribution in [0.15, 0.2) is 4.52 Å². The first kappa shape index (κ1) is 10.6. The van der Waals surface area contributed by atoms with Crippen LogP contribution in [-0.2, 0) is 16.4 Å². The van der Waals surface area contributed by atoms with Gasteiger partial charge in [0.05, 0.1) is 18.1 Å². The van der Waals surface area contributed by atoms with E-state index >= 15 is 0 Å². The van der Waals surface area contributed by atoms with E-state index < -0.39 is 9.84 Å². The smallest absolute Gasteiger partial charge is 0.240 e. The van der Waals surface area contributed by atoms with E-state index in [1.807, 2.05) is 0 Å². The number of rotatable bonds is 2. The lowest BCUT2D eigenvalue weighted by Gasteiger charge is -2.18. The molecule has 2 heterocycles. The molecule has 1 aromatic heterocycles. The van der Waals surface area contributed by atoms with Crippen LogP contribution in [0.2, 0.25) is 0 Å². The Balaban J connectivity index is 2.17. The second-order valence-corrected chi connectivity index (χ2v) is 5.93. The fourth-order valence-corrected chi connectivity index (χ4v) is 3.45. The average Bonchev–Trinajstić information content (AvgIpc) is 2.64. The Morgan fingerprint density at radius 2 is 2.33 bits per heavy atom. The van der Waals surface area contributed by atoms with Gasteiger partial charge in [-0.15, -0.1) is 0 Å². The lowest BCUT2D eigenvalue weighted by molar-refractivity contribution is 0.370. The highest BCUT2D eigenvalue weighted by Gasteiger charge is 2.29. The van der Waals surface area contributed by atoms with Gasteiger partial charge in [-0.05, 0) is 12.8 Å². The first-order valence-corrected chi connectivity index (χ1v) is 6.66. The van der Waals surface area contributed by atoms with Gasteiger partial charge in [-0.25, -0.2) is 8.42 Å². The normalized spacial score (nSPS) is 25.3. The molecule has 1 aliphatic rings. The Bertz CT molecular complexity index is 440. The van der Waals surface area contributed by atoms with Gasteiger partial charge in [0.1, 0.15) is 0 Å². The molecule has 1 aromatic rings. The van der Waals surface area contributed by atoms with Crippen LogP contribution in [0.5, 0.6) is 0 Å². The lowest BCUT2D eigenvalue weighted by atomic mass is 10.1. The van der Waals surface area contributed by atoms with Crippen molar-refractivity contribution in [2.45, 2.75) is 25.3 Å². The number of aromatic nitrogens is 2. The number of nitrogens with two attached hydrogens (primary N) is 1. The van der Waals surface area contributed by atoms with Crippen LogP contribution >= 0.6 is 0 Å². The van der Waals surface area contributed by atoms with E-state index in [2.05, 4.69) is 10.1 Å². The van der Waals surface area contributed by atoms with Crippen molar-refractivity contribution in [1.82, 2.24) is 10.1 Å². The molecule has 0 amide bonds. The van der Waals surface area contributed by atoms with Crippen molar-refractivity contribution in [3.05, 3.63) is 11.7 Å². The predicted molar refractivity (Wildman–Crippen MR) is 52.8 cm³/mol. The monoisotopic (exact) mass is 231 g/mol. The predicted octanol–water partition coefficient (Wildman–Crippen LogP) is -0.179. The van der Waals surface area contributed by atoms with Crippen LogP contribution in [0.3, 0.4) is 0 Å². The van der Waals surface area contributed by atoms with Crippen LogP contribution in [-0.4, -0.2) is 30.1 Å². The maximum atomic E-state index is 11.4. The maximum absolute atomic E-state index is 11.4. The van der Waals surface area contributed by atoms with Crippen molar-refractivity contribution >= 4 is 9.84 Å². The van der Waals surface area contributed by atoms with Gasteiger partial charge < -0.3 is 10.3 Å². The zero-order chi connectivity index (χ0) is 10.9. The number of hydrogen-bond acceptors (Lipinski definition) is 6. The van der Waals surface area contributed by atoms with E-state index in [-0.39, 0.29) is 24.0 Å². The van der Waals surface area contributed by atoms with Crippen LogP contribution < -0.4 is 5.73 Å². The van der Waals surface area contributed by atoms with Gasteiger partial charge in [-0.3, -0.25) is 0 Å². The molecule has 1 unspecified atom stereocenters. The topological polar surface area (TPSA) is 99.1 Å². The zero-order valence-electron chi connectivity index (χ0n) is 8.22. The number of sulfone groups is 1. The molecule has 0 bridgehead atoms. The molecule has 7 heteroatoms. The third-order valence-corrected chi connectivity index (χ3v) is 4.31. The molecule has 0 spiro atoms. The standard InChI is InChI=1S/C8H13N3O3S/c9-4-7-10-8(11-14-7)6-2-1-3-15(12,13)5-6/h6H,1-5,9H2. The highest BCUT2D eigenvalue weighted by molar-refractivity contribution is 7.91. The molecule has 2 rings (SSSR count). The summed E-state index contributed by atoms with van der Waals surface area (Å²) in [6.07, 6.45) is 1.46. The van der Waals surface area contributed by atoms with Crippen LogP contribution in [0.1, 0.15) is 30.5 Å². The first-order valence-electron chi connectivity index (χ1n) is 4.84. The highest BCUT2D eigenvalue weighted by Crippen LogP contribution is 2.26. The summed E-state index contributed by atoms with van der Waals surface area (Å²) in [6.45, 7) is 0.187. The van der Waals surface area contributed by atoms with E-state index in [4.69, 9.17) is 10.3 Å². The quantitative estimate of drug-likeness (QED) is 0.758. The van der Waals surface area contributed by atoms with Crippen molar-refractivity contribution in [3.63, 3.8) is 0 Å². The van der Waals surface area contributed by atoms with Crippen LogP contribution in [0.4, 0.5) is 0 Å². The molecule has 0 saturated carbocycles. The molecular weight excluding hydrogens is 218 g/mol. The van der Waals surface area contributed by atoms with Gasteiger partial charge in [0.2, 0.25) is 5.89 Å². The maximum Gasteiger partial charge on any atom is 0.240 e. The fourth-order valence-electron chi connectivity index (χ4n) is 1.74. The summed E-state index contributed by atoms with van der Waals surface area (Å²) >= 11 is 0. The molecule has 1 saturated heterocycles. The van der Waals surface area contributed by atoms with Crippen LogP contribution in [0, 0.1) is 0 Å². The van der Waals surface area contributed by atoms with Crippen molar-refractivity contribution < 1.29 is 12.9 Å². The summed E-state index contributed by atoms with van der Waals surface area (Å²) < 4.78 is 27.7. The minimum atomic E-state index is -2.93. The van der Waals surface area contributed by atoms with Crippen molar-refractivity contribution in [2.24, 2.45) is 5.73 Å². The minimum Gasteiger partial charge on any atom is -0.338 e. The minimum absolute atomic E-state index is 0.122. The van der Waals surface area contributed by atoms with Gasteiger partial charge >= 0.3 is 0 Å². The molecule has 2 N–H and O–H groups in total. The highest BCUT2D eigenvalue weighted by atomic mass is 32.2. The van der Waals surface area contributed by atoms with Crippen molar-refractivity contribution in [1.29, 1.82) is 0 Å². The molecule has 1 atom stereocenters. The summed E-state index contributed by atoms with van der Waals surface area (Å²) in [5.74, 6) is 1.08. The van der Waals surface area contributed by atoms with E-state index in [1.165, 1.54) is 0 Å². The third kappa shape index (κ3) is 2.35. The summed E-state index contributed by atoms with van der Waals surface area (Å²) in [4.78, 5) is 4.05. The fraction of sp³-hybridized carbons (Fsp3) is 0.750. The lowest BCUT2D eigenvalue weighted by Crippen LogP contribution is -2.24. The second-order valence-electron chi connectivity index (χ2n) is 3.70. The summed E-state index contributed by atoms with van der Waals surface area (Å²) in [6, 6.07) is 0. The SMILES string of the molecule is NCc1nc(C2CCCS(=O)(=O)C2)no1. The molecule has 84 valence electrons. The number of hydrogen-bond donors (Lipinski definition) is 1. The molecule has 0 radical (unpaired) electrons. The number of nitrogens with zero attached hydrogens (tertiary/aromatic N) is 2. The zero-order valence-corrected chi connectivity index (χ0v) is 9.03. The van der Waals surface area contributed by atoms with Crippen molar-refractivity contribution in [2.75, 3.05) is 11.5 Å². The Morgan fingerprint density at radius 3 is 2.93 bits per heavy atom. The van der Waals surface area contributed by atoms with Gasteiger partial charge in [0.25, 0.3) is 0 Å². The largest absolute Gasteiger partial charge is 0.338 e. The molecule has 0 aromatic carbocycles. The van der Waals surface area contributed by atoms with Crippen LogP contribution in [0.25, 0.3) is 0 Å². The Labute approximate surface area is 87.8 Å². The summed E-state index contributed by atoms with van der Waals surface area (Å²) in [5, 5.41) is 3.75. The summed E-state index contributed by atoms with van der Waals surface area (Å²) in [7, 11) is -2.93. The van der Waals surface area contributed by atoms with E-state index in [0.717, 1.165) is 6.42 Å². The molecule has 1 fully saturated rings. The van der Waals surface area contributed by atoms with Gasteiger partial charge in [-0.1, -0.05) is 5.16 Å². The Kier molecular flexibility index (Phi) is 2.74. The third-order valence-electron chi connectivity index (χ3n) is 2.49. The van der Waals surface area contributed by atoms with Crippen molar-refractivity contribution in [3.8, 4) is 0 Å². The van der Waals surface area contributed by atoms with Gasteiger partial charge in [-0.2, -0.15) is 4.98 Å². The van der Waals surface area contributed by atoms with E-state index in [1.54, 1.807) is 0 Å². The summed E-state index contributed by atoms with van der Waals surface area (Å²) in [5.41, 5.74) is 5.33. The van der Waals surface area contributed by atoms with E-state index in [0.29, 0.717) is 18.1 Å². The molecule has 1 aliphatic heterocycles. The molecule has 0 aliphatic carbocycles. The first-order chi connectivity index (χ1) is 7.11. The van der Waals surface area contributed by atoms with E-state index in [9.17, 15) is 8.42 Å². The van der Waals surface area contributed by atoms with Gasteiger partial charge in [0, 0.05) is 5.92 Å².